The van der Waals surface area contributed by atoms with Gasteiger partial charge in [-0.25, -0.2) is 4.68 Å². The molecule has 21 heavy (non-hydrogen) atoms. The van der Waals surface area contributed by atoms with Gasteiger partial charge < -0.3 is 4.74 Å². The number of ether oxygens (including phenoxy) is 1. The molecule has 0 aliphatic rings. The first-order chi connectivity index (χ1) is 9.94. The van der Waals surface area contributed by atoms with Crippen LogP contribution in [0.25, 0.3) is 5.69 Å². The van der Waals surface area contributed by atoms with E-state index >= 15 is 0 Å². The summed E-state index contributed by atoms with van der Waals surface area (Å²) in [6.07, 6.45) is -1.22. The normalized spacial score (nSPS) is 9.81. The van der Waals surface area contributed by atoms with Crippen LogP contribution in [-0.4, -0.2) is 16.1 Å². The Balaban J connectivity index is 0.000000921. The van der Waals surface area contributed by atoms with Gasteiger partial charge >= 0.3 is 6.36 Å². The summed E-state index contributed by atoms with van der Waals surface area (Å²) >= 11 is 0. The minimum absolute atomic E-state index is 0.245. The molecule has 1 aromatic carbocycles. The van der Waals surface area contributed by atoms with Crippen molar-refractivity contribution >= 4 is 0 Å². The largest absolute Gasteiger partial charge is 0.573 e. The molecule has 3 nitrogen and oxygen atoms in total. The third-order valence-electron chi connectivity index (χ3n) is 2.05. The number of hydrogen-bond donors (Lipinski definition) is 0. The van der Waals surface area contributed by atoms with E-state index in [0.717, 1.165) is 5.56 Å². The average molecular weight is 300 g/mol. The third-order valence-corrected chi connectivity index (χ3v) is 2.05. The van der Waals surface area contributed by atoms with E-state index in [1.54, 1.807) is 17.1 Å². The van der Waals surface area contributed by atoms with Crippen LogP contribution in [0.15, 0.2) is 49.8 Å². The van der Waals surface area contributed by atoms with Gasteiger partial charge in [-0.3, -0.25) is 0 Å². The zero-order valence-electron chi connectivity index (χ0n) is 12.3. The summed E-state index contributed by atoms with van der Waals surface area (Å²) in [4.78, 5) is 0. The number of nitrogens with zero attached hydrogens (tertiary/aromatic N) is 2. The second-order valence-corrected chi connectivity index (χ2v) is 3.50. The van der Waals surface area contributed by atoms with Gasteiger partial charge in [0.05, 0.1) is 11.9 Å². The molecule has 0 unspecified atom stereocenters. The second-order valence-electron chi connectivity index (χ2n) is 3.50. The SMILES string of the molecule is C=C.CC.Cc1cnn(-c2ccc(OC(F)(F)F)cc2)c1. The topological polar surface area (TPSA) is 27.1 Å². The fourth-order valence-corrected chi connectivity index (χ4v) is 1.35. The highest BCUT2D eigenvalue weighted by atomic mass is 19.4. The highest BCUT2D eigenvalue weighted by Gasteiger charge is 2.30. The lowest BCUT2D eigenvalue weighted by atomic mass is 10.3. The zero-order chi connectivity index (χ0) is 16.5. The first-order valence-corrected chi connectivity index (χ1v) is 6.31. The standard InChI is InChI=1S/C11H9F3N2O.C2H6.C2H4/c1-8-6-15-16(7-8)9-2-4-10(5-3-9)17-11(12,13)14;2*1-2/h2-7H,1H3;1-2H3;1-2H2. The van der Waals surface area contributed by atoms with Crippen LogP contribution in [-0.2, 0) is 0 Å². The molecule has 0 aliphatic carbocycles. The summed E-state index contributed by atoms with van der Waals surface area (Å²) in [6, 6.07) is 5.51. The van der Waals surface area contributed by atoms with Gasteiger partial charge in [0.1, 0.15) is 5.75 Å². The molecule has 0 radical (unpaired) electrons. The van der Waals surface area contributed by atoms with Gasteiger partial charge in [0.25, 0.3) is 0 Å². The summed E-state index contributed by atoms with van der Waals surface area (Å²) in [5.41, 5.74) is 1.65. The monoisotopic (exact) mass is 300 g/mol. The van der Waals surface area contributed by atoms with E-state index < -0.39 is 6.36 Å². The quantitative estimate of drug-likeness (QED) is 0.737. The van der Waals surface area contributed by atoms with Crippen LogP contribution in [0.4, 0.5) is 13.2 Å². The van der Waals surface area contributed by atoms with Crippen LogP contribution in [0.5, 0.6) is 5.75 Å². The molecule has 2 aromatic rings. The van der Waals surface area contributed by atoms with Gasteiger partial charge in [0.15, 0.2) is 0 Å². The molecule has 0 atom stereocenters. The molecule has 0 amide bonds. The predicted molar refractivity (Wildman–Crippen MR) is 77.6 cm³/mol. The summed E-state index contributed by atoms with van der Waals surface area (Å²) < 4.78 is 41.1. The summed E-state index contributed by atoms with van der Waals surface area (Å²) in [5, 5.41) is 4.04. The molecular weight excluding hydrogens is 281 g/mol. The minimum atomic E-state index is -4.66. The van der Waals surface area contributed by atoms with E-state index in [2.05, 4.69) is 23.0 Å². The number of aryl methyl sites for hydroxylation is 1. The Morgan fingerprint density at radius 3 is 2.00 bits per heavy atom. The van der Waals surface area contributed by atoms with Crippen LogP contribution < -0.4 is 4.74 Å². The summed E-state index contributed by atoms with van der Waals surface area (Å²) in [7, 11) is 0. The van der Waals surface area contributed by atoms with E-state index in [0.29, 0.717) is 5.69 Å². The van der Waals surface area contributed by atoms with Gasteiger partial charge in [-0.15, -0.1) is 26.3 Å². The molecule has 116 valence electrons. The van der Waals surface area contributed by atoms with Crippen molar-refractivity contribution < 1.29 is 17.9 Å². The van der Waals surface area contributed by atoms with Crippen molar-refractivity contribution in [2.24, 2.45) is 0 Å². The molecule has 0 bridgehead atoms. The Hall–Kier alpha value is -2.24. The number of halogens is 3. The number of alkyl halides is 3. The van der Waals surface area contributed by atoms with Crippen LogP contribution in [0.3, 0.4) is 0 Å². The lowest BCUT2D eigenvalue weighted by Crippen LogP contribution is -2.17. The molecule has 2 rings (SSSR count). The first-order valence-electron chi connectivity index (χ1n) is 6.31. The first kappa shape index (κ1) is 18.8. The van der Waals surface area contributed by atoms with Gasteiger partial charge in [-0.05, 0) is 36.8 Å². The highest BCUT2D eigenvalue weighted by Crippen LogP contribution is 2.23. The maximum absolute atomic E-state index is 11.9. The Morgan fingerprint density at radius 2 is 1.62 bits per heavy atom. The Bertz CT molecular complexity index is 518. The van der Waals surface area contributed by atoms with E-state index in [-0.39, 0.29) is 5.75 Å². The van der Waals surface area contributed by atoms with E-state index in [4.69, 9.17) is 0 Å². The van der Waals surface area contributed by atoms with Gasteiger partial charge in [-0.1, -0.05) is 13.8 Å². The molecule has 1 aromatic heterocycles. The zero-order valence-corrected chi connectivity index (χ0v) is 12.3. The summed E-state index contributed by atoms with van der Waals surface area (Å²) in [6.45, 7) is 11.9. The van der Waals surface area contributed by atoms with Crippen LogP contribution in [0.2, 0.25) is 0 Å². The maximum Gasteiger partial charge on any atom is 0.573 e. The van der Waals surface area contributed by atoms with Crippen LogP contribution in [0, 0.1) is 6.92 Å². The molecule has 0 aliphatic heterocycles. The molecule has 0 N–H and O–H groups in total. The van der Waals surface area contributed by atoms with Crippen molar-refractivity contribution in [3.05, 3.63) is 55.4 Å². The molecule has 1 heterocycles. The van der Waals surface area contributed by atoms with Crippen LogP contribution in [0.1, 0.15) is 19.4 Å². The van der Waals surface area contributed by atoms with E-state index in [1.165, 1.54) is 24.3 Å². The maximum atomic E-state index is 11.9. The number of benzene rings is 1. The number of hydrogen-bond acceptors (Lipinski definition) is 2. The number of aromatic nitrogens is 2. The Labute approximate surface area is 122 Å². The third kappa shape index (κ3) is 6.65. The summed E-state index contributed by atoms with van der Waals surface area (Å²) in [5.74, 6) is -0.245. The van der Waals surface area contributed by atoms with Gasteiger partial charge in [-0.2, -0.15) is 5.10 Å². The van der Waals surface area contributed by atoms with Gasteiger partial charge in [0.2, 0.25) is 0 Å². The average Bonchev–Trinajstić information content (AvgIpc) is 2.89. The van der Waals surface area contributed by atoms with E-state index in [9.17, 15) is 13.2 Å². The van der Waals surface area contributed by atoms with Gasteiger partial charge in [0, 0.05) is 6.20 Å². The minimum Gasteiger partial charge on any atom is -0.406 e. The van der Waals surface area contributed by atoms with Crippen molar-refractivity contribution in [2.75, 3.05) is 0 Å². The lowest BCUT2D eigenvalue weighted by Gasteiger charge is -2.09. The Kier molecular flexibility index (Phi) is 7.89. The molecule has 0 spiro atoms. The van der Waals surface area contributed by atoms with Crippen molar-refractivity contribution in [3.8, 4) is 11.4 Å². The van der Waals surface area contributed by atoms with Crippen molar-refractivity contribution in [1.29, 1.82) is 0 Å². The highest BCUT2D eigenvalue weighted by molar-refractivity contribution is 5.37. The number of rotatable bonds is 2. The van der Waals surface area contributed by atoms with Crippen LogP contribution >= 0.6 is 0 Å². The molecule has 0 saturated carbocycles. The van der Waals surface area contributed by atoms with Crippen molar-refractivity contribution in [3.63, 3.8) is 0 Å². The fourth-order valence-electron chi connectivity index (χ4n) is 1.35. The lowest BCUT2D eigenvalue weighted by molar-refractivity contribution is -0.274. The smallest absolute Gasteiger partial charge is 0.406 e. The van der Waals surface area contributed by atoms with Crippen molar-refractivity contribution in [2.45, 2.75) is 27.1 Å². The molecule has 6 heteroatoms. The second kappa shape index (κ2) is 8.84. The molecular formula is C15H19F3N2O. The van der Waals surface area contributed by atoms with Crippen molar-refractivity contribution in [1.82, 2.24) is 9.78 Å². The van der Waals surface area contributed by atoms with E-state index in [1.807, 2.05) is 20.8 Å². The molecule has 0 saturated heterocycles. The molecule has 0 fully saturated rings. The Morgan fingerprint density at radius 1 is 1.10 bits per heavy atom. The fraction of sp³-hybridized carbons (Fsp3) is 0.267. The predicted octanol–water partition coefficient (Wildman–Crippen LogP) is 4.91.